The molecule has 10 heteroatoms. The highest BCUT2D eigenvalue weighted by Crippen LogP contribution is 2.39. The lowest BCUT2D eigenvalue weighted by atomic mass is 10.3. The minimum absolute atomic E-state index is 0.0680. The Morgan fingerprint density at radius 1 is 1.32 bits per heavy atom. The molecule has 0 aliphatic heterocycles. The van der Waals surface area contributed by atoms with Crippen molar-refractivity contribution >= 4 is 10.0 Å². The predicted octanol–water partition coefficient (Wildman–Crippen LogP) is 1.89. The summed E-state index contributed by atoms with van der Waals surface area (Å²) in [7, 11) is -3.98. The van der Waals surface area contributed by atoms with Crippen molar-refractivity contribution in [3.63, 3.8) is 0 Å². The van der Waals surface area contributed by atoms with Crippen molar-refractivity contribution < 1.29 is 17.3 Å². The fourth-order valence-corrected chi connectivity index (χ4v) is 3.01. The van der Waals surface area contributed by atoms with Crippen LogP contribution in [0.3, 0.4) is 0 Å². The molecule has 0 amide bonds. The predicted molar refractivity (Wildman–Crippen MR) is 84.9 cm³/mol. The van der Waals surface area contributed by atoms with Gasteiger partial charge in [-0.3, -0.25) is 0 Å². The van der Waals surface area contributed by atoms with Crippen LogP contribution < -0.4 is 5.14 Å². The zero-order valence-electron chi connectivity index (χ0n) is 13.2. The first-order chi connectivity index (χ1) is 11.8. The fraction of sp³-hybridized carbons (Fsp3) is 0.267. The topological polar surface area (TPSA) is 117 Å². The van der Waals surface area contributed by atoms with Gasteiger partial charge in [-0.05, 0) is 38.0 Å². The third-order valence-corrected chi connectivity index (χ3v) is 4.81. The molecule has 2 aromatic heterocycles. The van der Waals surface area contributed by atoms with E-state index in [1.165, 1.54) is 4.68 Å². The second kappa shape index (κ2) is 5.46. The Bertz CT molecular complexity index is 1070. The summed E-state index contributed by atoms with van der Waals surface area (Å²) >= 11 is 0. The molecule has 0 spiro atoms. The Hall–Kier alpha value is -2.59. The number of aryl methyl sites for hydroxylation is 1. The van der Waals surface area contributed by atoms with E-state index in [1.54, 1.807) is 13.0 Å². The highest BCUT2D eigenvalue weighted by Gasteiger charge is 2.31. The van der Waals surface area contributed by atoms with Gasteiger partial charge in [0.25, 0.3) is 0 Å². The summed E-state index contributed by atoms with van der Waals surface area (Å²) in [6.07, 6.45) is 1.92. The summed E-state index contributed by atoms with van der Waals surface area (Å²) in [6, 6.07) is 4.92. The third kappa shape index (κ3) is 2.94. The van der Waals surface area contributed by atoms with Crippen molar-refractivity contribution in [2.45, 2.75) is 30.6 Å². The van der Waals surface area contributed by atoms with Gasteiger partial charge in [-0.15, -0.1) is 0 Å². The zero-order chi connectivity index (χ0) is 17.8. The summed E-state index contributed by atoms with van der Waals surface area (Å²) < 4.78 is 43.9. The lowest BCUT2D eigenvalue weighted by molar-refractivity contribution is 0.399. The largest absolute Gasteiger partial charge is 0.361 e. The number of hydrogen-bond acceptors (Lipinski definition) is 6. The molecule has 1 aliphatic carbocycles. The van der Waals surface area contributed by atoms with Crippen LogP contribution in [-0.2, 0) is 10.0 Å². The second-order valence-electron chi connectivity index (χ2n) is 5.96. The second-order valence-corrected chi connectivity index (χ2v) is 7.52. The molecule has 1 aromatic carbocycles. The van der Waals surface area contributed by atoms with E-state index in [0.29, 0.717) is 17.3 Å². The number of benzene rings is 1. The smallest absolute Gasteiger partial charge is 0.238 e. The van der Waals surface area contributed by atoms with Crippen LogP contribution in [0.15, 0.2) is 33.7 Å². The van der Waals surface area contributed by atoms with Crippen LogP contribution in [-0.4, -0.2) is 28.3 Å². The minimum Gasteiger partial charge on any atom is -0.361 e. The molecule has 0 unspecified atom stereocenters. The molecule has 0 saturated heterocycles. The molecular formula is C15H14FN5O3S. The molecule has 25 heavy (non-hydrogen) atoms. The molecule has 2 N–H and O–H groups in total. The van der Waals surface area contributed by atoms with Gasteiger partial charge in [0, 0.05) is 12.0 Å². The maximum Gasteiger partial charge on any atom is 0.238 e. The quantitative estimate of drug-likeness (QED) is 0.756. The van der Waals surface area contributed by atoms with Gasteiger partial charge in [0.2, 0.25) is 10.0 Å². The van der Waals surface area contributed by atoms with Gasteiger partial charge < -0.3 is 4.52 Å². The number of rotatable bonds is 4. The van der Waals surface area contributed by atoms with Gasteiger partial charge in [0.05, 0.1) is 4.90 Å². The van der Waals surface area contributed by atoms with Gasteiger partial charge in [0.15, 0.2) is 17.3 Å². The van der Waals surface area contributed by atoms with Crippen LogP contribution >= 0.6 is 0 Å². The van der Waals surface area contributed by atoms with Gasteiger partial charge in [0.1, 0.15) is 17.3 Å². The Kier molecular flexibility index (Phi) is 3.48. The van der Waals surface area contributed by atoms with Crippen molar-refractivity contribution in [2.75, 3.05) is 0 Å². The van der Waals surface area contributed by atoms with Gasteiger partial charge in [-0.2, -0.15) is 5.10 Å². The van der Waals surface area contributed by atoms with Crippen LogP contribution in [0.2, 0.25) is 0 Å². The summed E-state index contributed by atoms with van der Waals surface area (Å²) in [5, 5.41) is 13.4. The first-order valence-electron chi connectivity index (χ1n) is 7.56. The number of aromatic nitrogens is 4. The van der Waals surface area contributed by atoms with Crippen molar-refractivity contribution in [1.82, 2.24) is 19.9 Å². The molecule has 1 saturated carbocycles. The van der Waals surface area contributed by atoms with Crippen molar-refractivity contribution in [3.8, 4) is 17.2 Å². The number of nitrogens with zero attached hydrogens (tertiary/aromatic N) is 4. The SMILES string of the molecule is Cc1cc(-c2nc(C3CC3)nn2-c2cc(S(N)(=O)=O)ccc2F)no1. The molecule has 130 valence electrons. The third-order valence-electron chi connectivity index (χ3n) is 3.90. The zero-order valence-corrected chi connectivity index (χ0v) is 14.0. The van der Waals surface area contributed by atoms with E-state index >= 15 is 0 Å². The Morgan fingerprint density at radius 2 is 2.08 bits per heavy atom. The number of nitrogens with two attached hydrogens (primary N) is 1. The Labute approximate surface area is 142 Å². The maximum atomic E-state index is 14.4. The molecule has 8 nitrogen and oxygen atoms in total. The standard InChI is InChI=1S/C15H14FN5O3S/c1-8-6-12(20-24-8)15-18-14(9-2-3-9)19-21(15)13-7-10(25(17,22)23)4-5-11(13)16/h4-7,9H,2-3H2,1H3,(H2,17,22,23). The van der Waals surface area contributed by atoms with Crippen LogP contribution in [0.4, 0.5) is 4.39 Å². The highest BCUT2D eigenvalue weighted by atomic mass is 32.2. The molecule has 0 radical (unpaired) electrons. The van der Waals surface area contributed by atoms with E-state index in [1.807, 2.05) is 0 Å². The first kappa shape index (κ1) is 15.9. The van der Waals surface area contributed by atoms with Crippen molar-refractivity contribution in [3.05, 3.63) is 41.7 Å². The molecule has 4 rings (SSSR count). The molecular weight excluding hydrogens is 349 g/mol. The molecule has 0 bridgehead atoms. The summed E-state index contributed by atoms with van der Waals surface area (Å²) in [5.41, 5.74) is 0.318. The molecule has 3 aromatic rings. The Morgan fingerprint density at radius 3 is 2.68 bits per heavy atom. The highest BCUT2D eigenvalue weighted by molar-refractivity contribution is 7.89. The normalized spacial score (nSPS) is 14.8. The maximum absolute atomic E-state index is 14.4. The molecule has 0 atom stereocenters. The van der Waals surface area contributed by atoms with E-state index in [2.05, 4.69) is 15.2 Å². The van der Waals surface area contributed by atoms with E-state index in [-0.39, 0.29) is 22.3 Å². The van der Waals surface area contributed by atoms with Gasteiger partial charge >= 0.3 is 0 Å². The van der Waals surface area contributed by atoms with Gasteiger partial charge in [-0.1, -0.05) is 5.16 Å². The van der Waals surface area contributed by atoms with Crippen LogP contribution in [0.25, 0.3) is 17.2 Å². The van der Waals surface area contributed by atoms with E-state index in [4.69, 9.17) is 9.66 Å². The monoisotopic (exact) mass is 363 g/mol. The van der Waals surface area contributed by atoms with Crippen molar-refractivity contribution in [2.24, 2.45) is 5.14 Å². The number of halogens is 1. The molecule has 1 aliphatic rings. The fourth-order valence-electron chi connectivity index (χ4n) is 2.48. The lowest BCUT2D eigenvalue weighted by Crippen LogP contribution is -2.13. The van der Waals surface area contributed by atoms with Crippen molar-refractivity contribution in [1.29, 1.82) is 0 Å². The average Bonchev–Trinajstić information content (AvgIpc) is 3.16. The summed E-state index contributed by atoms with van der Waals surface area (Å²) in [4.78, 5) is 4.23. The van der Waals surface area contributed by atoms with E-state index in [9.17, 15) is 12.8 Å². The molecule has 2 heterocycles. The van der Waals surface area contributed by atoms with Crippen LogP contribution in [0.1, 0.15) is 30.3 Å². The Balaban J connectivity index is 1.93. The van der Waals surface area contributed by atoms with E-state index < -0.39 is 15.8 Å². The first-order valence-corrected chi connectivity index (χ1v) is 9.11. The number of hydrogen-bond donors (Lipinski definition) is 1. The summed E-state index contributed by atoms with van der Waals surface area (Å²) in [5.74, 6) is 0.982. The van der Waals surface area contributed by atoms with E-state index in [0.717, 1.165) is 31.0 Å². The minimum atomic E-state index is -3.98. The number of primary sulfonamides is 1. The van der Waals surface area contributed by atoms with Crippen LogP contribution in [0, 0.1) is 12.7 Å². The molecule has 1 fully saturated rings. The lowest BCUT2D eigenvalue weighted by Gasteiger charge is -2.07. The van der Waals surface area contributed by atoms with Crippen LogP contribution in [0.5, 0.6) is 0 Å². The van der Waals surface area contributed by atoms with Gasteiger partial charge in [-0.25, -0.2) is 27.6 Å². The summed E-state index contributed by atoms with van der Waals surface area (Å²) in [6.45, 7) is 1.72. The number of sulfonamides is 1. The average molecular weight is 363 g/mol.